The molecule has 0 fully saturated rings. The second kappa shape index (κ2) is 7.03. The fourth-order valence-electron chi connectivity index (χ4n) is 2.24. The van der Waals surface area contributed by atoms with E-state index in [1.54, 1.807) is 13.3 Å². The highest BCUT2D eigenvalue weighted by Crippen LogP contribution is 2.25. The van der Waals surface area contributed by atoms with Crippen molar-refractivity contribution in [3.8, 4) is 5.88 Å². The standard InChI is InChI=1S/C16H21N3O/c1-3-12-6-8-13(9-7-12)11-15(19-17)14-5-4-10-18-16(14)20-2/h4-10,15,19H,3,11,17H2,1-2H3. The van der Waals surface area contributed by atoms with Crippen molar-refractivity contribution in [1.82, 2.24) is 10.4 Å². The maximum absolute atomic E-state index is 5.70. The van der Waals surface area contributed by atoms with Crippen molar-refractivity contribution in [3.63, 3.8) is 0 Å². The Morgan fingerprint density at radius 2 is 1.90 bits per heavy atom. The molecule has 1 aromatic heterocycles. The van der Waals surface area contributed by atoms with E-state index in [1.807, 2.05) is 12.1 Å². The van der Waals surface area contributed by atoms with Gasteiger partial charge in [-0.1, -0.05) is 37.3 Å². The number of pyridine rings is 1. The van der Waals surface area contributed by atoms with Crippen LogP contribution in [-0.4, -0.2) is 12.1 Å². The lowest BCUT2D eigenvalue weighted by atomic mass is 9.99. The zero-order valence-electron chi connectivity index (χ0n) is 12.0. The van der Waals surface area contributed by atoms with Gasteiger partial charge in [0.05, 0.1) is 13.2 Å². The van der Waals surface area contributed by atoms with Crippen LogP contribution in [0.25, 0.3) is 0 Å². The number of ether oxygens (including phenoxy) is 1. The van der Waals surface area contributed by atoms with Crippen LogP contribution in [0.2, 0.25) is 0 Å². The summed E-state index contributed by atoms with van der Waals surface area (Å²) in [5.41, 5.74) is 6.39. The minimum atomic E-state index is -0.0221. The van der Waals surface area contributed by atoms with Gasteiger partial charge in [-0.2, -0.15) is 0 Å². The number of nitrogens with zero attached hydrogens (tertiary/aromatic N) is 1. The molecule has 106 valence electrons. The maximum atomic E-state index is 5.70. The van der Waals surface area contributed by atoms with Gasteiger partial charge in [0.15, 0.2) is 0 Å². The molecule has 1 heterocycles. The van der Waals surface area contributed by atoms with Crippen LogP contribution >= 0.6 is 0 Å². The summed E-state index contributed by atoms with van der Waals surface area (Å²) in [5, 5.41) is 0. The average Bonchev–Trinajstić information content (AvgIpc) is 2.53. The Kier molecular flexibility index (Phi) is 5.09. The normalized spacial score (nSPS) is 12.2. The number of nitrogens with one attached hydrogen (secondary N) is 1. The van der Waals surface area contributed by atoms with Gasteiger partial charge in [0.25, 0.3) is 0 Å². The van der Waals surface area contributed by atoms with Crippen molar-refractivity contribution in [1.29, 1.82) is 0 Å². The quantitative estimate of drug-likeness (QED) is 0.625. The lowest BCUT2D eigenvalue weighted by Gasteiger charge is -2.18. The highest BCUT2D eigenvalue weighted by molar-refractivity contribution is 5.31. The topological polar surface area (TPSA) is 60.2 Å². The summed E-state index contributed by atoms with van der Waals surface area (Å²) in [6.45, 7) is 2.15. The van der Waals surface area contributed by atoms with Gasteiger partial charge in [-0.05, 0) is 30.0 Å². The van der Waals surface area contributed by atoms with Crippen molar-refractivity contribution in [2.75, 3.05) is 7.11 Å². The molecule has 0 bridgehead atoms. The van der Waals surface area contributed by atoms with E-state index in [9.17, 15) is 0 Å². The van der Waals surface area contributed by atoms with E-state index in [0.717, 1.165) is 18.4 Å². The zero-order valence-corrected chi connectivity index (χ0v) is 12.0. The molecule has 2 aromatic rings. The number of nitrogens with two attached hydrogens (primary N) is 1. The van der Waals surface area contributed by atoms with E-state index < -0.39 is 0 Å². The predicted molar refractivity (Wildman–Crippen MR) is 80.4 cm³/mol. The smallest absolute Gasteiger partial charge is 0.217 e. The van der Waals surface area contributed by atoms with Crippen LogP contribution in [0.1, 0.15) is 29.7 Å². The largest absolute Gasteiger partial charge is 0.481 e. The number of methoxy groups -OCH3 is 1. The first-order valence-electron chi connectivity index (χ1n) is 6.81. The van der Waals surface area contributed by atoms with Gasteiger partial charge in [0, 0.05) is 11.8 Å². The lowest BCUT2D eigenvalue weighted by Crippen LogP contribution is -2.30. The fraction of sp³-hybridized carbons (Fsp3) is 0.312. The number of hydrogen-bond acceptors (Lipinski definition) is 4. The number of benzene rings is 1. The third-order valence-corrected chi connectivity index (χ3v) is 3.44. The van der Waals surface area contributed by atoms with Crippen molar-refractivity contribution in [2.45, 2.75) is 25.8 Å². The Morgan fingerprint density at radius 3 is 2.50 bits per heavy atom. The molecule has 3 N–H and O–H groups in total. The van der Waals surface area contributed by atoms with Crippen LogP contribution in [0.15, 0.2) is 42.6 Å². The van der Waals surface area contributed by atoms with Gasteiger partial charge in [-0.3, -0.25) is 11.3 Å². The minimum Gasteiger partial charge on any atom is -0.481 e. The molecule has 0 saturated carbocycles. The first-order chi connectivity index (χ1) is 9.78. The molecule has 0 aliphatic heterocycles. The molecule has 2 rings (SSSR count). The number of hydrogen-bond donors (Lipinski definition) is 2. The Balaban J connectivity index is 2.19. The molecule has 1 atom stereocenters. The van der Waals surface area contributed by atoms with E-state index in [-0.39, 0.29) is 6.04 Å². The monoisotopic (exact) mass is 271 g/mol. The maximum Gasteiger partial charge on any atom is 0.217 e. The van der Waals surface area contributed by atoms with Crippen LogP contribution in [-0.2, 0) is 12.8 Å². The van der Waals surface area contributed by atoms with Gasteiger partial charge in [-0.25, -0.2) is 4.98 Å². The molecular formula is C16H21N3O. The van der Waals surface area contributed by atoms with E-state index in [1.165, 1.54) is 11.1 Å². The second-order valence-electron chi connectivity index (χ2n) is 4.70. The van der Waals surface area contributed by atoms with Crippen LogP contribution in [0.5, 0.6) is 5.88 Å². The molecule has 4 heteroatoms. The molecular weight excluding hydrogens is 250 g/mol. The second-order valence-corrected chi connectivity index (χ2v) is 4.70. The van der Waals surface area contributed by atoms with Crippen molar-refractivity contribution in [2.24, 2.45) is 5.84 Å². The third kappa shape index (κ3) is 3.35. The zero-order chi connectivity index (χ0) is 14.4. The molecule has 0 spiro atoms. The Hall–Kier alpha value is -1.91. The Bertz CT molecular complexity index is 540. The SMILES string of the molecule is CCc1ccc(CC(NN)c2cccnc2OC)cc1. The number of aryl methyl sites for hydroxylation is 1. The highest BCUT2D eigenvalue weighted by atomic mass is 16.5. The van der Waals surface area contributed by atoms with E-state index in [0.29, 0.717) is 5.88 Å². The average molecular weight is 271 g/mol. The van der Waals surface area contributed by atoms with Crippen molar-refractivity contribution in [3.05, 3.63) is 59.3 Å². The number of aromatic nitrogens is 1. The Labute approximate surface area is 120 Å². The van der Waals surface area contributed by atoms with Gasteiger partial charge >= 0.3 is 0 Å². The van der Waals surface area contributed by atoms with E-state index in [4.69, 9.17) is 10.6 Å². The van der Waals surface area contributed by atoms with Gasteiger partial charge < -0.3 is 4.74 Å². The number of rotatable bonds is 6. The van der Waals surface area contributed by atoms with Crippen LogP contribution in [0.3, 0.4) is 0 Å². The third-order valence-electron chi connectivity index (χ3n) is 3.44. The molecule has 20 heavy (non-hydrogen) atoms. The molecule has 0 amide bonds. The van der Waals surface area contributed by atoms with Crippen LogP contribution < -0.4 is 16.0 Å². The van der Waals surface area contributed by atoms with Gasteiger partial charge in [0.2, 0.25) is 5.88 Å². The van der Waals surface area contributed by atoms with Gasteiger partial charge in [-0.15, -0.1) is 0 Å². The van der Waals surface area contributed by atoms with E-state index in [2.05, 4.69) is 41.6 Å². The predicted octanol–water partition coefficient (Wildman–Crippen LogP) is 2.40. The lowest BCUT2D eigenvalue weighted by molar-refractivity contribution is 0.382. The highest BCUT2D eigenvalue weighted by Gasteiger charge is 2.15. The summed E-state index contributed by atoms with van der Waals surface area (Å²) in [6, 6.07) is 12.5. The van der Waals surface area contributed by atoms with Crippen LogP contribution in [0, 0.1) is 0 Å². The molecule has 1 aromatic carbocycles. The minimum absolute atomic E-state index is 0.0221. The summed E-state index contributed by atoms with van der Waals surface area (Å²) in [4.78, 5) is 4.22. The van der Waals surface area contributed by atoms with E-state index >= 15 is 0 Å². The summed E-state index contributed by atoms with van der Waals surface area (Å²) < 4.78 is 5.30. The summed E-state index contributed by atoms with van der Waals surface area (Å²) >= 11 is 0. The van der Waals surface area contributed by atoms with Crippen molar-refractivity contribution >= 4 is 0 Å². The number of hydrazine groups is 1. The molecule has 4 nitrogen and oxygen atoms in total. The molecule has 0 saturated heterocycles. The fourth-order valence-corrected chi connectivity index (χ4v) is 2.24. The van der Waals surface area contributed by atoms with Gasteiger partial charge in [0.1, 0.15) is 0 Å². The van der Waals surface area contributed by atoms with Crippen molar-refractivity contribution < 1.29 is 4.74 Å². The summed E-state index contributed by atoms with van der Waals surface area (Å²) in [7, 11) is 1.62. The molecule has 0 aliphatic rings. The summed E-state index contributed by atoms with van der Waals surface area (Å²) in [5.74, 6) is 6.31. The molecule has 0 radical (unpaired) electrons. The first kappa shape index (κ1) is 14.5. The molecule has 0 aliphatic carbocycles. The Morgan fingerprint density at radius 1 is 1.20 bits per heavy atom. The van der Waals surface area contributed by atoms with Crippen LogP contribution in [0.4, 0.5) is 0 Å². The summed E-state index contributed by atoms with van der Waals surface area (Å²) in [6.07, 6.45) is 3.56. The molecule has 1 unspecified atom stereocenters. The first-order valence-corrected chi connectivity index (χ1v) is 6.81.